The van der Waals surface area contributed by atoms with Crippen molar-refractivity contribution in [2.75, 3.05) is 13.7 Å². The number of methoxy groups -OCH3 is 1. The highest BCUT2D eigenvalue weighted by Gasteiger charge is 2.23. The van der Waals surface area contributed by atoms with Crippen LogP contribution in [0, 0.1) is 0 Å². The molecule has 0 radical (unpaired) electrons. The van der Waals surface area contributed by atoms with Crippen molar-refractivity contribution in [1.29, 1.82) is 0 Å². The average Bonchev–Trinajstić information content (AvgIpc) is 3.28. The summed E-state index contributed by atoms with van der Waals surface area (Å²) in [6.07, 6.45) is 3.50. The summed E-state index contributed by atoms with van der Waals surface area (Å²) in [5.74, 6) is 0.176. The van der Waals surface area contributed by atoms with E-state index in [2.05, 4.69) is 25.8 Å². The normalized spacial score (nSPS) is 16.4. The van der Waals surface area contributed by atoms with E-state index in [1.165, 1.54) is 0 Å². The molecule has 3 N–H and O–H groups in total. The van der Waals surface area contributed by atoms with E-state index in [9.17, 15) is 4.79 Å². The molecule has 0 bridgehead atoms. The molecule has 136 valence electrons. The summed E-state index contributed by atoms with van der Waals surface area (Å²) in [6.45, 7) is 0.453. The van der Waals surface area contributed by atoms with Crippen molar-refractivity contribution in [2.45, 2.75) is 6.04 Å². The molecule has 0 saturated heterocycles. The second-order valence-electron chi connectivity index (χ2n) is 6.22. The first kappa shape index (κ1) is 17.0. The van der Waals surface area contributed by atoms with Gasteiger partial charge in [-0.25, -0.2) is 4.99 Å². The second-order valence-corrected chi connectivity index (χ2v) is 6.22. The first-order valence-electron chi connectivity index (χ1n) is 8.58. The van der Waals surface area contributed by atoms with Crippen LogP contribution < -0.4 is 10.6 Å². The molecule has 2 heterocycles. The van der Waals surface area contributed by atoms with E-state index in [4.69, 9.17) is 4.74 Å². The molecule has 2 aromatic carbocycles. The van der Waals surface area contributed by atoms with Crippen LogP contribution in [-0.4, -0.2) is 35.8 Å². The topological polar surface area (TPSA) is 91.4 Å². The summed E-state index contributed by atoms with van der Waals surface area (Å²) in [4.78, 5) is 16.7. The third-order valence-corrected chi connectivity index (χ3v) is 4.31. The number of carbonyl (C=O) groups is 1. The van der Waals surface area contributed by atoms with Gasteiger partial charge >= 0.3 is 0 Å². The Labute approximate surface area is 156 Å². The van der Waals surface area contributed by atoms with E-state index in [0.717, 1.165) is 22.0 Å². The number of aliphatic imine (C=N–C) groups is 1. The second kappa shape index (κ2) is 7.43. The summed E-state index contributed by atoms with van der Waals surface area (Å²) < 4.78 is 5.30. The number of aromatic amines is 1. The first-order valence-corrected chi connectivity index (χ1v) is 8.58. The molecule has 0 saturated carbocycles. The number of nitrogens with one attached hydrogen (secondary N) is 3. The summed E-state index contributed by atoms with van der Waals surface area (Å²) >= 11 is 0. The lowest BCUT2D eigenvalue weighted by molar-refractivity contribution is -0.115. The van der Waals surface area contributed by atoms with Gasteiger partial charge in [-0.15, -0.1) is 0 Å². The largest absolute Gasteiger partial charge is 0.382 e. The highest BCUT2D eigenvalue weighted by Crippen LogP contribution is 2.18. The maximum atomic E-state index is 12.3. The monoisotopic (exact) mass is 361 g/mol. The van der Waals surface area contributed by atoms with Crippen molar-refractivity contribution in [1.82, 2.24) is 20.8 Å². The maximum Gasteiger partial charge on any atom is 0.276 e. The third kappa shape index (κ3) is 3.73. The third-order valence-electron chi connectivity index (χ3n) is 4.31. The molecule has 3 aromatic rings. The van der Waals surface area contributed by atoms with E-state index in [1.807, 2.05) is 48.5 Å². The van der Waals surface area contributed by atoms with Crippen LogP contribution in [-0.2, 0) is 9.53 Å². The number of fused-ring (bicyclic) bond motifs is 1. The van der Waals surface area contributed by atoms with Gasteiger partial charge in [0.2, 0.25) is 5.96 Å². The fourth-order valence-corrected chi connectivity index (χ4v) is 2.98. The molecule has 1 aliphatic rings. The lowest BCUT2D eigenvalue weighted by atomic mass is 10.1. The molecular formula is C20H19N5O2. The standard InChI is InChI=1S/C20H19N5O2/c1-27-12-18(14-5-3-2-4-6-14)23-20-22-17(19(26)24-20)10-13-7-8-16-15(9-13)11-21-25-16/h2-11,18H,12H2,1H3,(H,21,25)(H2,22,23,24,26)/b17-10-. The average molecular weight is 361 g/mol. The fourth-order valence-electron chi connectivity index (χ4n) is 2.98. The van der Waals surface area contributed by atoms with Crippen LogP contribution in [0.3, 0.4) is 0 Å². The summed E-state index contributed by atoms with van der Waals surface area (Å²) in [5, 5.41) is 13.9. The zero-order valence-electron chi connectivity index (χ0n) is 14.8. The van der Waals surface area contributed by atoms with Gasteiger partial charge in [0, 0.05) is 12.5 Å². The molecule has 27 heavy (non-hydrogen) atoms. The number of hydrogen-bond acceptors (Lipinski definition) is 5. The SMILES string of the molecule is COCC(NC1=N/C(=C\c2ccc3[nH]ncc3c2)C(=O)N1)c1ccccc1. The molecule has 4 rings (SSSR count). The van der Waals surface area contributed by atoms with E-state index < -0.39 is 0 Å². The van der Waals surface area contributed by atoms with Crippen LogP contribution in [0.15, 0.2) is 65.4 Å². The number of hydrogen-bond donors (Lipinski definition) is 3. The van der Waals surface area contributed by atoms with Gasteiger partial charge in [0.15, 0.2) is 0 Å². The number of ether oxygens (including phenoxy) is 1. The van der Waals surface area contributed by atoms with Crippen LogP contribution in [0.2, 0.25) is 0 Å². The van der Waals surface area contributed by atoms with E-state index >= 15 is 0 Å². The minimum absolute atomic E-state index is 0.114. The van der Waals surface area contributed by atoms with E-state index in [-0.39, 0.29) is 11.9 Å². The summed E-state index contributed by atoms with van der Waals surface area (Å²) in [6, 6.07) is 15.6. The Balaban J connectivity index is 1.56. The highest BCUT2D eigenvalue weighted by molar-refractivity contribution is 6.13. The molecule has 0 aliphatic carbocycles. The maximum absolute atomic E-state index is 12.3. The molecule has 1 unspecified atom stereocenters. The number of guanidine groups is 1. The quantitative estimate of drug-likeness (QED) is 0.609. The van der Waals surface area contributed by atoms with Crippen molar-refractivity contribution in [3.05, 3.63) is 71.6 Å². The molecule has 1 amide bonds. The van der Waals surface area contributed by atoms with Gasteiger partial charge in [0.25, 0.3) is 5.91 Å². The minimum atomic E-state index is -0.242. The van der Waals surface area contributed by atoms with E-state index in [1.54, 1.807) is 19.4 Å². The summed E-state index contributed by atoms with van der Waals surface area (Å²) in [7, 11) is 1.64. The highest BCUT2D eigenvalue weighted by atomic mass is 16.5. The summed E-state index contributed by atoms with van der Waals surface area (Å²) in [5.41, 5.74) is 3.24. The number of benzene rings is 2. The Kier molecular flexibility index (Phi) is 4.67. The van der Waals surface area contributed by atoms with Gasteiger partial charge in [-0.3, -0.25) is 15.2 Å². The Morgan fingerprint density at radius 2 is 2.07 bits per heavy atom. The molecule has 1 aromatic heterocycles. The number of H-pyrrole nitrogens is 1. The number of carbonyl (C=O) groups excluding carboxylic acids is 1. The molecule has 7 heteroatoms. The van der Waals surface area contributed by atoms with Gasteiger partial charge in [-0.05, 0) is 29.3 Å². The van der Waals surface area contributed by atoms with Gasteiger partial charge in [-0.1, -0.05) is 36.4 Å². The number of amides is 1. The predicted molar refractivity (Wildman–Crippen MR) is 104 cm³/mol. The molecular weight excluding hydrogens is 342 g/mol. The molecule has 1 atom stereocenters. The molecule has 1 aliphatic heterocycles. The van der Waals surface area contributed by atoms with Crippen LogP contribution in [0.25, 0.3) is 17.0 Å². The predicted octanol–water partition coefficient (Wildman–Crippen LogP) is 2.37. The number of aromatic nitrogens is 2. The fraction of sp³-hybridized carbons (Fsp3) is 0.150. The zero-order chi connectivity index (χ0) is 18.6. The molecule has 0 fully saturated rings. The van der Waals surface area contributed by atoms with Crippen molar-refractivity contribution >= 4 is 28.8 Å². The van der Waals surface area contributed by atoms with Gasteiger partial charge in [0.05, 0.1) is 24.4 Å². The van der Waals surface area contributed by atoms with Crippen molar-refractivity contribution in [3.8, 4) is 0 Å². The smallest absolute Gasteiger partial charge is 0.276 e. The van der Waals surface area contributed by atoms with Gasteiger partial charge < -0.3 is 10.1 Å². The van der Waals surface area contributed by atoms with Gasteiger partial charge in [0.1, 0.15) is 5.70 Å². The Morgan fingerprint density at radius 1 is 1.22 bits per heavy atom. The van der Waals surface area contributed by atoms with Crippen molar-refractivity contribution < 1.29 is 9.53 Å². The Bertz CT molecular complexity index is 1020. The van der Waals surface area contributed by atoms with Crippen LogP contribution in [0.4, 0.5) is 0 Å². The van der Waals surface area contributed by atoms with Crippen LogP contribution in [0.1, 0.15) is 17.2 Å². The van der Waals surface area contributed by atoms with Crippen molar-refractivity contribution in [2.24, 2.45) is 4.99 Å². The number of nitrogens with zero attached hydrogens (tertiary/aromatic N) is 2. The van der Waals surface area contributed by atoms with Gasteiger partial charge in [-0.2, -0.15) is 5.10 Å². The zero-order valence-corrected chi connectivity index (χ0v) is 14.8. The number of rotatable bonds is 5. The minimum Gasteiger partial charge on any atom is -0.382 e. The lowest BCUT2D eigenvalue weighted by Gasteiger charge is -2.18. The Morgan fingerprint density at radius 3 is 2.89 bits per heavy atom. The van der Waals surface area contributed by atoms with Crippen LogP contribution in [0.5, 0.6) is 0 Å². The lowest BCUT2D eigenvalue weighted by Crippen LogP contribution is -2.39. The first-order chi connectivity index (χ1) is 13.2. The van der Waals surface area contributed by atoms with Crippen LogP contribution >= 0.6 is 0 Å². The molecule has 0 spiro atoms. The van der Waals surface area contributed by atoms with Crippen molar-refractivity contribution in [3.63, 3.8) is 0 Å². The Hall–Kier alpha value is -3.45. The molecule has 7 nitrogen and oxygen atoms in total. The van der Waals surface area contributed by atoms with E-state index in [0.29, 0.717) is 18.3 Å².